The van der Waals surface area contributed by atoms with Gasteiger partial charge < -0.3 is 15.1 Å². The highest BCUT2D eigenvalue weighted by molar-refractivity contribution is 7.17. The van der Waals surface area contributed by atoms with Crippen LogP contribution in [0.15, 0.2) is 47.1 Å². The first-order valence-electron chi connectivity index (χ1n) is 11.1. The number of nitrogens with zero attached hydrogens (tertiary/aromatic N) is 1. The molecule has 0 spiro atoms. The van der Waals surface area contributed by atoms with Crippen LogP contribution in [0.2, 0.25) is 0 Å². The number of carbonyl (C=O) groups excluding carboxylic acids is 2. The van der Waals surface area contributed by atoms with Gasteiger partial charge in [-0.05, 0) is 68.4 Å². The van der Waals surface area contributed by atoms with Crippen LogP contribution in [0.4, 0.5) is 5.00 Å². The van der Waals surface area contributed by atoms with E-state index in [1.807, 2.05) is 44.2 Å². The van der Waals surface area contributed by atoms with Crippen LogP contribution in [0.5, 0.6) is 0 Å². The van der Waals surface area contributed by atoms with E-state index in [9.17, 15) is 9.59 Å². The van der Waals surface area contributed by atoms with Crippen LogP contribution >= 0.6 is 11.3 Å². The maximum atomic E-state index is 13.2. The second-order valence-electron chi connectivity index (χ2n) is 8.47. The number of aryl methyl sites for hydroxylation is 3. The van der Waals surface area contributed by atoms with Gasteiger partial charge in [-0.3, -0.25) is 14.6 Å². The van der Waals surface area contributed by atoms with Gasteiger partial charge in [-0.2, -0.15) is 0 Å². The average molecular weight is 460 g/mol. The summed E-state index contributed by atoms with van der Waals surface area (Å²) >= 11 is 1.50. The van der Waals surface area contributed by atoms with E-state index in [4.69, 9.17) is 4.42 Å². The van der Waals surface area contributed by atoms with E-state index in [0.29, 0.717) is 22.7 Å². The fourth-order valence-electron chi connectivity index (χ4n) is 4.38. The third-order valence-corrected chi connectivity index (χ3v) is 7.31. The first-order chi connectivity index (χ1) is 16.0. The Labute approximate surface area is 196 Å². The number of fused-ring (bicyclic) bond motifs is 2. The molecule has 0 saturated carbocycles. The number of benzene rings is 1. The van der Waals surface area contributed by atoms with Crippen molar-refractivity contribution in [1.29, 1.82) is 0 Å². The van der Waals surface area contributed by atoms with Crippen molar-refractivity contribution in [1.82, 2.24) is 10.3 Å². The molecule has 2 amide bonds. The van der Waals surface area contributed by atoms with E-state index in [2.05, 4.69) is 15.6 Å². The molecule has 5 rings (SSSR count). The minimum Gasteiger partial charge on any atom is -0.451 e. The SMILES string of the molecule is Cc1ccc2c(C)c(C(=O)Nc3sc4c(c3C(=O)NCc3cccnc3)CCCC4)oc2c1. The minimum absolute atomic E-state index is 0.175. The summed E-state index contributed by atoms with van der Waals surface area (Å²) in [7, 11) is 0. The number of furan rings is 1. The van der Waals surface area contributed by atoms with Crippen LogP contribution in [-0.2, 0) is 19.4 Å². The number of amides is 2. The van der Waals surface area contributed by atoms with Gasteiger partial charge >= 0.3 is 0 Å². The summed E-state index contributed by atoms with van der Waals surface area (Å²) in [4.78, 5) is 31.7. The van der Waals surface area contributed by atoms with E-state index < -0.39 is 0 Å². The highest BCUT2D eigenvalue weighted by atomic mass is 32.1. The van der Waals surface area contributed by atoms with Gasteiger partial charge in [-0.25, -0.2) is 0 Å². The van der Waals surface area contributed by atoms with Crippen LogP contribution in [-0.4, -0.2) is 16.8 Å². The fourth-order valence-corrected chi connectivity index (χ4v) is 5.66. The molecular weight excluding hydrogens is 434 g/mol. The van der Waals surface area contributed by atoms with Gasteiger partial charge in [0.1, 0.15) is 10.6 Å². The van der Waals surface area contributed by atoms with Gasteiger partial charge in [0.15, 0.2) is 5.76 Å². The van der Waals surface area contributed by atoms with Crippen molar-refractivity contribution in [3.05, 3.63) is 81.2 Å². The molecule has 1 aliphatic rings. The standard InChI is InChI=1S/C26H25N3O3S/c1-15-9-10-18-16(2)23(32-20(18)12-15)25(31)29-26-22(19-7-3-4-8-21(19)33-26)24(30)28-14-17-6-5-11-27-13-17/h5-6,9-13H,3-4,7-8,14H2,1-2H3,(H,28,30)(H,29,31). The number of hydrogen-bond donors (Lipinski definition) is 2. The smallest absolute Gasteiger partial charge is 0.292 e. The Balaban J connectivity index is 1.44. The van der Waals surface area contributed by atoms with Gasteiger partial charge in [0.2, 0.25) is 0 Å². The van der Waals surface area contributed by atoms with Crippen LogP contribution < -0.4 is 10.6 Å². The van der Waals surface area contributed by atoms with Crippen LogP contribution in [0, 0.1) is 13.8 Å². The monoisotopic (exact) mass is 459 g/mol. The summed E-state index contributed by atoms with van der Waals surface area (Å²) in [5.74, 6) is -0.226. The molecule has 0 radical (unpaired) electrons. The summed E-state index contributed by atoms with van der Waals surface area (Å²) in [5.41, 5.74) is 5.12. The Morgan fingerprint density at radius 2 is 1.97 bits per heavy atom. The number of anilines is 1. The quantitative estimate of drug-likeness (QED) is 0.409. The van der Waals surface area contributed by atoms with Gasteiger partial charge in [-0.15, -0.1) is 11.3 Å². The number of pyridine rings is 1. The molecule has 3 aromatic heterocycles. The van der Waals surface area contributed by atoms with Crippen molar-refractivity contribution in [2.45, 2.75) is 46.1 Å². The van der Waals surface area contributed by atoms with Crippen molar-refractivity contribution in [3.8, 4) is 0 Å². The third-order valence-electron chi connectivity index (χ3n) is 6.10. The number of thiophene rings is 1. The zero-order valence-electron chi connectivity index (χ0n) is 18.7. The Kier molecular flexibility index (Phi) is 5.72. The molecule has 6 nitrogen and oxygen atoms in total. The second-order valence-corrected chi connectivity index (χ2v) is 9.57. The summed E-state index contributed by atoms with van der Waals surface area (Å²) < 4.78 is 5.91. The van der Waals surface area contributed by atoms with Crippen molar-refractivity contribution in [2.75, 3.05) is 5.32 Å². The number of carbonyl (C=O) groups is 2. The molecule has 2 N–H and O–H groups in total. The number of nitrogens with one attached hydrogen (secondary N) is 2. The maximum absolute atomic E-state index is 13.2. The molecule has 0 atom stereocenters. The van der Waals surface area contributed by atoms with Crippen molar-refractivity contribution in [2.24, 2.45) is 0 Å². The lowest BCUT2D eigenvalue weighted by molar-refractivity contribution is 0.0951. The number of hydrogen-bond acceptors (Lipinski definition) is 5. The molecule has 0 unspecified atom stereocenters. The lowest BCUT2D eigenvalue weighted by atomic mass is 9.95. The van der Waals surface area contributed by atoms with Gasteiger partial charge in [0.25, 0.3) is 11.8 Å². The first-order valence-corrected chi connectivity index (χ1v) is 12.0. The Bertz CT molecular complexity index is 1350. The first kappa shape index (κ1) is 21.4. The minimum atomic E-state index is -0.332. The predicted octanol–water partition coefficient (Wildman–Crippen LogP) is 5.57. The lowest BCUT2D eigenvalue weighted by Crippen LogP contribution is -2.25. The number of aromatic nitrogens is 1. The Hall–Kier alpha value is -3.45. The molecular formula is C26H25N3O3S. The molecule has 4 aromatic rings. The Morgan fingerprint density at radius 1 is 1.12 bits per heavy atom. The van der Waals surface area contributed by atoms with Gasteiger partial charge in [-0.1, -0.05) is 18.2 Å². The van der Waals surface area contributed by atoms with Crippen LogP contribution in [0.1, 0.15) is 60.9 Å². The fraction of sp³-hybridized carbons (Fsp3) is 0.269. The third kappa shape index (κ3) is 4.16. The molecule has 33 heavy (non-hydrogen) atoms. The maximum Gasteiger partial charge on any atom is 0.292 e. The second kappa shape index (κ2) is 8.83. The van der Waals surface area contributed by atoms with E-state index >= 15 is 0 Å². The lowest BCUT2D eigenvalue weighted by Gasteiger charge is -2.13. The predicted molar refractivity (Wildman–Crippen MR) is 130 cm³/mol. The topological polar surface area (TPSA) is 84.2 Å². The summed E-state index contributed by atoms with van der Waals surface area (Å²) in [6.45, 7) is 4.26. The average Bonchev–Trinajstić information content (AvgIpc) is 3.35. The van der Waals surface area contributed by atoms with Gasteiger partial charge in [0, 0.05) is 34.8 Å². The highest BCUT2D eigenvalue weighted by Crippen LogP contribution is 2.39. The molecule has 1 aliphatic carbocycles. The van der Waals surface area contributed by atoms with E-state index in [0.717, 1.165) is 53.3 Å². The molecule has 0 saturated heterocycles. The molecule has 3 heterocycles. The summed E-state index contributed by atoms with van der Waals surface area (Å²) in [5, 5.41) is 7.50. The Morgan fingerprint density at radius 3 is 2.79 bits per heavy atom. The van der Waals surface area contributed by atoms with E-state index in [1.165, 1.54) is 16.2 Å². The van der Waals surface area contributed by atoms with Crippen molar-refractivity contribution < 1.29 is 14.0 Å². The van der Waals surface area contributed by atoms with Gasteiger partial charge in [0.05, 0.1) is 5.56 Å². The number of rotatable bonds is 5. The molecule has 0 aliphatic heterocycles. The normalized spacial score (nSPS) is 13.0. The zero-order chi connectivity index (χ0) is 22.9. The molecule has 0 bridgehead atoms. The molecule has 168 valence electrons. The molecule has 1 aromatic carbocycles. The highest BCUT2D eigenvalue weighted by Gasteiger charge is 2.28. The molecule has 0 fully saturated rings. The van der Waals surface area contributed by atoms with Crippen molar-refractivity contribution in [3.63, 3.8) is 0 Å². The largest absolute Gasteiger partial charge is 0.451 e. The van der Waals surface area contributed by atoms with Crippen molar-refractivity contribution >= 4 is 39.1 Å². The van der Waals surface area contributed by atoms with E-state index in [1.54, 1.807) is 12.4 Å². The molecule has 7 heteroatoms. The summed E-state index contributed by atoms with van der Waals surface area (Å²) in [6, 6.07) is 9.67. The van der Waals surface area contributed by atoms with Crippen LogP contribution in [0.3, 0.4) is 0 Å². The summed E-state index contributed by atoms with van der Waals surface area (Å²) in [6.07, 6.45) is 7.36. The zero-order valence-corrected chi connectivity index (χ0v) is 19.5. The van der Waals surface area contributed by atoms with Crippen LogP contribution in [0.25, 0.3) is 11.0 Å². The van der Waals surface area contributed by atoms with E-state index in [-0.39, 0.29) is 17.6 Å².